The van der Waals surface area contributed by atoms with Crippen molar-refractivity contribution in [2.75, 3.05) is 0 Å². The molecule has 1 amide bonds. The van der Waals surface area contributed by atoms with Gasteiger partial charge >= 0.3 is 0 Å². The molecule has 1 aliphatic carbocycles. The third kappa shape index (κ3) is 4.10. The zero-order valence-electron chi connectivity index (χ0n) is 12.4. The lowest BCUT2D eigenvalue weighted by molar-refractivity contribution is -0.192. The van der Waals surface area contributed by atoms with Gasteiger partial charge in [0.25, 0.3) is 0 Å². The van der Waals surface area contributed by atoms with E-state index < -0.39 is 29.9 Å². The summed E-state index contributed by atoms with van der Waals surface area (Å²) in [7, 11) is 0. The number of hydrogen-bond donors (Lipinski definition) is 4. The molecule has 2 fully saturated rings. The first-order valence-corrected chi connectivity index (χ1v) is 8.46. The van der Waals surface area contributed by atoms with E-state index in [2.05, 4.69) is 5.32 Å². The SMILES string of the molecule is CC(=O)NC1CCCCC1S[C@@H]1O[C@@H](C)[C@@H](O)[C@@H](O)[C@@H]1O. The lowest BCUT2D eigenvalue weighted by Crippen LogP contribution is -2.56. The highest BCUT2D eigenvalue weighted by atomic mass is 32.2. The lowest BCUT2D eigenvalue weighted by Gasteiger charge is -2.42. The second-order valence-electron chi connectivity index (χ2n) is 5.95. The van der Waals surface area contributed by atoms with Crippen LogP contribution in [-0.4, -0.2) is 62.4 Å². The van der Waals surface area contributed by atoms with Crippen LogP contribution in [0.25, 0.3) is 0 Å². The van der Waals surface area contributed by atoms with Crippen LogP contribution in [-0.2, 0) is 9.53 Å². The summed E-state index contributed by atoms with van der Waals surface area (Å²) in [5, 5.41) is 32.8. The van der Waals surface area contributed by atoms with Gasteiger partial charge in [-0.05, 0) is 19.8 Å². The molecule has 21 heavy (non-hydrogen) atoms. The fourth-order valence-corrected chi connectivity index (χ4v) is 4.59. The van der Waals surface area contributed by atoms with Crippen molar-refractivity contribution in [3.05, 3.63) is 0 Å². The van der Waals surface area contributed by atoms with Crippen LogP contribution < -0.4 is 5.32 Å². The van der Waals surface area contributed by atoms with Crippen molar-refractivity contribution in [3.8, 4) is 0 Å². The number of carbonyl (C=O) groups excluding carboxylic acids is 1. The summed E-state index contributed by atoms with van der Waals surface area (Å²) in [6.07, 6.45) is 0.0921. The Morgan fingerprint density at radius 3 is 2.48 bits per heavy atom. The Balaban J connectivity index is 1.99. The molecule has 1 heterocycles. The molecule has 0 aromatic rings. The minimum absolute atomic E-state index is 0.0542. The molecule has 7 atom stereocenters. The summed E-state index contributed by atoms with van der Waals surface area (Å²) in [6.45, 7) is 3.18. The number of aliphatic hydroxyl groups excluding tert-OH is 3. The summed E-state index contributed by atoms with van der Waals surface area (Å²) < 4.78 is 5.63. The molecule has 122 valence electrons. The molecule has 2 unspecified atom stereocenters. The normalized spacial score (nSPS) is 44.3. The van der Waals surface area contributed by atoms with Crippen molar-refractivity contribution in [1.82, 2.24) is 5.32 Å². The predicted octanol–water partition coefficient (Wildman–Crippen LogP) is -0.00560. The average Bonchev–Trinajstić information content (AvgIpc) is 2.44. The van der Waals surface area contributed by atoms with E-state index in [9.17, 15) is 20.1 Å². The van der Waals surface area contributed by atoms with Crippen LogP contribution in [0.5, 0.6) is 0 Å². The zero-order chi connectivity index (χ0) is 15.6. The zero-order valence-corrected chi connectivity index (χ0v) is 13.3. The average molecular weight is 319 g/mol. The van der Waals surface area contributed by atoms with Gasteiger partial charge in [-0.25, -0.2) is 0 Å². The number of amides is 1. The molecule has 2 aliphatic rings. The maximum Gasteiger partial charge on any atom is 0.217 e. The van der Waals surface area contributed by atoms with Crippen LogP contribution in [0.15, 0.2) is 0 Å². The van der Waals surface area contributed by atoms with Gasteiger partial charge in [-0.3, -0.25) is 4.79 Å². The first kappa shape index (κ1) is 17.0. The van der Waals surface area contributed by atoms with Gasteiger partial charge in [-0.15, -0.1) is 11.8 Å². The minimum Gasteiger partial charge on any atom is -0.388 e. The van der Waals surface area contributed by atoms with Crippen LogP contribution in [0.3, 0.4) is 0 Å². The van der Waals surface area contributed by atoms with Gasteiger partial charge in [-0.2, -0.15) is 0 Å². The number of hydrogen-bond acceptors (Lipinski definition) is 6. The number of thioether (sulfide) groups is 1. The van der Waals surface area contributed by atoms with Gasteiger partial charge in [-0.1, -0.05) is 12.8 Å². The standard InChI is InChI=1S/C14H25NO5S/c1-7-11(17)12(18)13(19)14(20-7)21-10-6-4-3-5-9(10)15-8(2)16/h7,9-14,17-19H,3-6H2,1-2H3,(H,15,16)/t7-,9?,10?,11+,12+,13-,14-/m0/s1. The van der Waals surface area contributed by atoms with Gasteiger partial charge in [0.15, 0.2) is 0 Å². The van der Waals surface area contributed by atoms with Gasteiger partial charge in [0.2, 0.25) is 5.91 Å². The highest BCUT2D eigenvalue weighted by Gasteiger charge is 2.43. The third-order valence-corrected chi connectivity index (χ3v) is 5.78. The van der Waals surface area contributed by atoms with Gasteiger partial charge < -0.3 is 25.4 Å². The van der Waals surface area contributed by atoms with Gasteiger partial charge in [0.1, 0.15) is 23.7 Å². The molecule has 0 aromatic carbocycles. The maximum absolute atomic E-state index is 11.3. The summed E-state index contributed by atoms with van der Waals surface area (Å²) >= 11 is 1.45. The second-order valence-corrected chi connectivity index (χ2v) is 7.29. The van der Waals surface area contributed by atoms with Crippen LogP contribution in [0.4, 0.5) is 0 Å². The van der Waals surface area contributed by atoms with E-state index in [1.165, 1.54) is 18.7 Å². The Kier molecular flexibility index (Phi) is 5.90. The van der Waals surface area contributed by atoms with E-state index in [1.54, 1.807) is 6.92 Å². The Morgan fingerprint density at radius 1 is 1.14 bits per heavy atom. The summed E-state index contributed by atoms with van der Waals surface area (Å²) in [6, 6.07) is 0.0661. The van der Waals surface area contributed by atoms with E-state index in [1.807, 2.05) is 0 Å². The monoisotopic (exact) mass is 319 g/mol. The molecule has 4 N–H and O–H groups in total. The molecule has 0 radical (unpaired) electrons. The van der Waals surface area contributed by atoms with Crippen molar-refractivity contribution >= 4 is 17.7 Å². The first-order chi connectivity index (χ1) is 9.90. The Bertz CT molecular complexity index is 369. The van der Waals surface area contributed by atoms with Crippen LogP contribution in [0, 0.1) is 0 Å². The van der Waals surface area contributed by atoms with Crippen molar-refractivity contribution in [2.24, 2.45) is 0 Å². The Morgan fingerprint density at radius 2 is 1.81 bits per heavy atom. The number of rotatable bonds is 3. The van der Waals surface area contributed by atoms with Gasteiger partial charge in [0.05, 0.1) is 6.10 Å². The molecule has 6 nitrogen and oxygen atoms in total. The summed E-state index contributed by atoms with van der Waals surface area (Å²) in [4.78, 5) is 11.3. The topological polar surface area (TPSA) is 99.0 Å². The summed E-state index contributed by atoms with van der Waals surface area (Å²) in [5.74, 6) is -0.0542. The molecule has 2 rings (SSSR count). The largest absolute Gasteiger partial charge is 0.388 e. The number of carbonyl (C=O) groups is 1. The highest BCUT2D eigenvalue weighted by Crippen LogP contribution is 2.36. The molecule has 0 bridgehead atoms. The molecule has 7 heteroatoms. The van der Waals surface area contributed by atoms with E-state index in [4.69, 9.17) is 4.74 Å². The molecule has 1 saturated heterocycles. The fraction of sp³-hybridized carbons (Fsp3) is 0.929. The predicted molar refractivity (Wildman–Crippen MR) is 79.8 cm³/mol. The highest BCUT2D eigenvalue weighted by molar-refractivity contribution is 8.00. The van der Waals surface area contributed by atoms with E-state index in [-0.39, 0.29) is 17.2 Å². The van der Waals surface area contributed by atoms with Crippen molar-refractivity contribution < 1.29 is 24.9 Å². The molecule has 1 saturated carbocycles. The second kappa shape index (κ2) is 7.28. The van der Waals surface area contributed by atoms with Crippen LogP contribution >= 0.6 is 11.8 Å². The first-order valence-electron chi connectivity index (χ1n) is 7.52. The minimum atomic E-state index is -1.20. The number of aliphatic hydroxyl groups is 3. The fourth-order valence-electron chi connectivity index (χ4n) is 2.98. The van der Waals surface area contributed by atoms with Crippen LogP contribution in [0.2, 0.25) is 0 Å². The van der Waals surface area contributed by atoms with E-state index >= 15 is 0 Å². The number of nitrogens with one attached hydrogen (secondary N) is 1. The number of ether oxygens (including phenoxy) is 1. The molecule has 0 aromatic heterocycles. The van der Waals surface area contributed by atoms with Gasteiger partial charge in [0, 0.05) is 18.2 Å². The van der Waals surface area contributed by atoms with Crippen molar-refractivity contribution in [3.63, 3.8) is 0 Å². The van der Waals surface area contributed by atoms with E-state index in [0.717, 1.165) is 25.7 Å². The molecule has 0 spiro atoms. The Labute approximate surface area is 129 Å². The third-order valence-electron chi connectivity index (χ3n) is 4.21. The maximum atomic E-state index is 11.3. The van der Waals surface area contributed by atoms with Crippen molar-refractivity contribution in [2.45, 2.75) is 80.7 Å². The lowest BCUT2D eigenvalue weighted by atomic mass is 9.95. The molecular weight excluding hydrogens is 294 g/mol. The quantitative estimate of drug-likeness (QED) is 0.584. The molecular formula is C14H25NO5S. The summed E-state index contributed by atoms with van der Waals surface area (Å²) in [5.41, 5.74) is -0.585. The smallest absolute Gasteiger partial charge is 0.217 e. The molecule has 1 aliphatic heterocycles. The van der Waals surface area contributed by atoms with Crippen molar-refractivity contribution in [1.29, 1.82) is 0 Å². The van der Waals surface area contributed by atoms with Crippen LogP contribution in [0.1, 0.15) is 39.5 Å². The Hall–Kier alpha value is -0.340. The van der Waals surface area contributed by atoms with E-state index in [0.29, 0.717) is 0 Å².